The molecular formula is C21H29BrO2. The Labute approximate surface area is 154 Å². The normalized spacial score (nSPS) is 50.6. The van der Waals surface area contributed by atoms with Gasteiger partial charge in [0.05, 0.1) is 0 Å². The van der Waals surface area contributed by atoms with E-state index in [0.29, 0.717) is 40.6 Å². The number of hydrogen-bond donors (Lipinski definition) is 0. The number of carbonyl (C=O) groups excluding carboxylic acids is 2. The van der Waals surface area contributed by atoms with Gasteiger partial charge in [0.25, 0.3) is 0 Å². The van der Waals surface area contributed by atoms with Gasteiger partial charge in [0.1, 0.15) is 5.78 Å². The maximum absolute atomic E-state index is 12.2. The lowest BCUT2D eigenvalue weighted by molar-refractivity contribution is -0.128. The molecule has 0 heterocycles. The van der Waals surface area contributed by atoms with E-state index in [2.05, 4.69) is 29.8 Å². The van der Waals surface area contributed by atoms with Crippen molar-refractivity contribution in [3.05, 3.63) is 11.6 Å². The van der Waals surface area contributed by atoms with Crippen molar-refractivity contribution in [2.45, 2.75) is 70.5 Å². The fourth-order valence-electron chi connectivity index (χ4n) is 7.23. The Balaban J connectivity index is 1.71. The molecule has 0 saturated heterocycles. The van der Waals surface area contributed by atoms with Crippen LogP contribution in [0.15, 0.2) is 11.6 Å². The number of ketones is 2. The van der Waals surface area contributed by atoms with Gasteiger partial charge in [-0.1, -0.05) is 29.8 Å². The van der Waals surface area contributed by atoms with Crippen LogP contribution < -0.4 is 0 Å². The molecule has 4 rings (SSSR count). The minimum Gasteiger partial charge on any atom is -0.300 e. The van der Waals surface area contributed by atoms with Crippen LogP contribution in [0.5, 0.6) is 0 Å². The highest BCUT2D eigenvalue weighted by Crippen LogP contribution is 2.67. The second-order valence-corrected chi connectivity index (χ2v) is 10.5. The van der Waals surface area contributed by atoms with E-state index >= 15 is 0 Å². The van der Waals surface area contributed by atoms with E-state index in [1.54, 1.807) is 6.92 Å². The number of allylic oxidation sites excluding steroid dienone is 1. The Bertz CT molecular complexity index is 623. The number of carbonyl (C=O) groups is 2. The number of Topliss-reactive ketones (excluding diaryl/α,β-unsaturated/α-hetero) is 1. The molecular weight excluding hydrogens is 364 g/mol. The van der Waals surface area contributed by atoms with Crippen molar-refractivity contribution in [2.24, 2.45) is 34.5 Å². The van der Waals surface area contributed by atoms with Gasteiger partial charge in [-0.25, -0.2) is 0 Å². The summed E-state index contributed by atoms with van der Waals surface area (Å²) in [6.07, 6.45) is 9.54. The van der Waals surface area contributed by atoms with Gasteiger partial charge >= 0.3 is 0 Å². The third kappa shape index (κ3) is 2.19. The third-order valence-corrected chi connectivity index (χ3v) is 9.30. The molecule has 0 spiro atoms. The van der Waals surface area contributed by atoms with Gasteiger partial charge < -0.3 is 0 Å². The molecule has 7 atom stereocenters. The summed E-state index contributed by atoms with van der Waals surface area (Å²) < 4.78 is 0. The van der Waals surface area contributed by atoms with Crippen molar-refractivity contribution >= 4 is 27.5 Å². The standard InChI is InChI=1S/C21H29BrO2/c1-12(23)15-4-5-16-14-11-19(22)18-10-13(24)6-8-21(18,3)17(14)7-9-20(15,16)2/h10,14-17,19H,4-9,11H2,1-3H3/t14-,15+,16-,17-,19?,20+,21+/m0/s1. The largest absolute Gasteiger partial charge is 0.300 e. The van der Waals surface area contributed by atoms with Crippen molar-refractivity contribution in [1.82, 2.24) is 0 Å². The molecule has 0 aromatic rings. The second-order valence-electron chi connectivity index (χ2n) is 9.35. The first-order valence-corrected chi connectivity index (χ1v) is 10.6. The van der Waals surface area contributed by atoms with Crippen LogP contribution in [-0.2, 0) is 9.59 Å². The Kier molecular flexibility index (Phi) is 3.91. The van der Waals surface area contributed by atoms with Crippen LogP contribution in [0.25, 0.3) is 0 Å². The van der Waals surface area contributed by atoms with Crippen LogP contribution in [0, 0.1) is 34.5 Å². The molecule has 0 N–H and O–H groups in total. The molecule has 0 radical (unpaired) electrons. The maximum atomic E-state index is 12.2. The highest BCUT2D eigenvalue weighted by atomic mass is 79.9. The van der Waals surface area contributed by atoms with Gasteiger partial charge in [0.15, 0.2) is 5.78 Å². The molecule has 0 aromatic carbocycles. The van der Waals surface area contributed by atoms with Crippen LogP contribution in [0.2, 0.25) is 0 Å². The zero-order chi connectivity index (χ0) is 17.3. The highest BCUT2D eigenvalue weighted by Gasteiger charge is 2.60. The first-order chi connectivity index (χ1) is 11.3. The van der Waals surface area contributed by atoms with E-state index in [-0.39, 0.29) is 16.7 Å². The van der Waals surface area contributed by atoms with Gasteiger partial charge in [-0.05, 0) is 85.7 Å². The number of rotatable bonds is 1. The lowest BCUT2D eigenvalue weighted by atomic mass is 9.46. The first kappa shape index (κ1) is 17.0. The van der Waals surface area contributed by atoms with E-state index in [9.17, 15) is 9.59 Å². The van der Waals surface area contributed by atoms with Crippen LogP contribution in [-0.4, -0.2) is 16.4 Å². The van der Waals surface area contributed by atoms with E-state index in [0.717, 1.165) is 19.3 Å². The predicted molar refractivity (Wildman–Crippen MR) is 99.0 cm³/mol. The third-order valence-electron chi connectivity index (χ3n) is 8.43. The molecule has 132 valence electrons. The highest BCUT2D eigenvalue weighted by molar-refractivity contribution is 9.09. The Morgan fingerprint density at radius 2 is 1.92 bits per heavy atom. The molecule has 0 aromatic heterocycles. The molecule has 3 heteroatoms. The van der Waals surface area contributed by atoms with Crippen LogP contribution >= 0.6 is 15.9 Å². The van der Waals surface area contributed by atoms with Crippen LogP contribution in [0.1, 0.15) is 65.7 Å². The quantitative estimate of drug-likeness (QED) is 0.581. The lowest BCUT2D eigenvalue weighted by Gasteiger charge is -2.59. The van der Waals surface area contributed by atoms with E-state index in [1.165, 1.54) is 24.8 Å². The summed E-state index contributed by atoms with van der Waals surface area (Å²) in [6.45, 7) is 6.61. The smallest absolute Gasteiger partial charge is 0.155 e. The van der Waals surface area contributed by atoms with Gasteiger partial charge in [-0.3, -0.25) is 9.59 Å². The lowest BCUT2D eigenvalue weighted by Crippen LogP contribution is -2.53. The molecule has 24 heavy (non-hydrogen) atoms. The number of alkyl halides is 1. The maximum Gasteiger partial charge on any atom is 0.155 e. The molecule has 2 nitrogen and oxygen atoms in total. The zero-order valence-corrected chi connectivity index (χ0v) is 16.7. The van der Waals surface area contributed by atoms with Crippen molar-refractivity contribution in [2.75, 3.05) is 0 Å². The van der Waals surface area contributed by atoms with Gasteiger partial charge in [-0.15, -0.1) is 0 Å². The molecule has 0 bridgehead atoms. The Morgan fingerprint density at radius 3 is 2.62 bits per heavy atom. The summed E-state index contributed by atoms with van der Waals surface area (Å²) in [4.78, 5) is 24.5. The van der Waals surface area contributed by atoms with Gasteiger partial charge in [-0.2, -0.15) is 0 Å². The molecule has 0 amide bonds. The fourth-order valence-corrected chi connectivity index (χ4v) is 8.31. The van der Waals surface area contributed by atoms with Gasteiger partial charge in [0.2, 0.25) is 0 Å². The summed E-state index contributed by atoms with van der Waals surface area (Å²) in [5.74, 6) is 3.06. The molecule has 0 aliphatic heterocycles. The molecule has 3 saturated carbocycles. The minimum atomic E-state index is 0.181. The van der Waals surface area contributed by atoms with Gasteiger partial charge in [0, 0.05) is 17.2 Å². The van der Waals surface area contributed by atoms with Crippen molar-refractivity contribution in [1.29, 1.82) is 0 Å². The summed E-state index contributed by atoms with van der Waals surface area (Å²) in [6, 6.07) is 0. The molecule has 4 aliphatic rings. The van der Waals surface area contributed by atoms with Crippen molar-refractivity contribution in [3.63, 3.8) is 0 Å². The predicted octanol–water partition coefficient (Wildman–Crippen LogP) is 5.10. The average Bonchev–Trinajstić information content (AvgIpc) is 2.87. The number of hydrogen-bond acceptors (Lipinski definition) is 2. The first-order valence-electron chi connectivity index (χ1n) is 9.67. The van der Waals surface area contributed by atoms with Crippen LogP contribution in [0.4, 0.5) is 0 Å². The van der Waals surface area contributed by atoms with Crippen LogP contribution in [0.3, 0.4) is 0 Å². The zero-order valence-electron chi connectivity index (χ0n) is 15.1. The van der Waals surface area contributed by atoms with Crippen molar-refractivity contribution in [3.8, 4) is 0 Å². The summed E-state index contributed by atoms with van der Waals surface area (Å²) in [7, 11) is 0. The minimum absolute atomic E-state index is 0.181. The van der Waals surface area contributed by atoms with E-state index in [1.807, 2.05) is 6.08 Å². The topological polar surface area (TPSA) is 34.1 Å². The summed E-state index contributed by atoms with van der Waals surface area (Å²) in [5, 5.41) is 0. The number of fused-ring (bicyclic) bond motifs is 5. The molecule has 3 fully saturated rings. The Hall–Kier alpha value is -0.440. The summed E-state index contributed by atoms with van der Waals surface area (Å²) >= 11 is 3.93. The Morgan fingerprint density at radius 1 is 1.17 bits per heavy atom. The fraction of sp³-hybridized carbons (Fsp3) is 0.810. The van der Waals surface area contributed by atoms with Crippen molar-refractivity contribution < 1.29 is 9.59 Å². The molecule has 1 unspecified atom stereocenters. The number of halogens is 1. The monoisotopic (exact) mass is 392 g/mol. The summed E-state index contributed by atoms with van der Waals surface area (Å²) in [5.41, 5.74) is 1.76. The average molecular weight is 393 g/mol. The SMILES string of the molecule is CC(=O)[C@H]1CC[C@H]2[C@@H]3CC(Br)C4=CC(=O)CC[C@]4(C)[C@H]3CC[C@]12C. The van der Waals surface area contributed by atoms with E-state index < -0.39 is 0 Å². The molecule has 4 aliphatic carbocycles. The van der Waals surface area contributed by atoms with E-state index in [4.69, 9.17) is 0 Å². The second kappa shape index (κ2) is 5.53.